The van der Waals surface area contributed by atoms with Gasteiger partial charge in [0.1, 0.15) is 0 Å². The van der Waals surface area contributed by atoms with Crippen LogP contribution < -0.4 is 10.6 Å². The van der Waals surface area contributed by atoms with Crippen LogP contribution in [0.4, 0.5) is 0 Å². The molecule has 0 aliphatic carbocycles. The zero-order valence-electron chi connectivity index (χ0n) is 17.6. The summed E-state index contributed by atoms with van der Waals surface area (Å²) in [6, 6.07) is 8.92. The van der Waals surface area contributed by atoms with Crippen molar-refractivity contribution in [2.45, 2.75) is 51.0 Å². The van der Waals surface area contributed by atoms with Crippen LogP contribution in [0.5, 0.6) is 0 Å². The third kappa shape index (κ3) is 10.6. The average molecular weight is 525 g/mol. The predicted octanol–water partition coefficient (Wildman–Crippen LogP) is 3.14. The molecule has 2 N–H and O–H groups in total. The predicted molar refractivity (Wildman–Crippen MR) is 130 cm³/mol. The first-order chi connectivity index (χ1) is 12.9. The van der Waals surface area contributed by atoms with E-state index in [-0.39, 0.29) is 29.7 Å². The van der Waals surface area contributed by atoms with E-state index < -0.39 is 9.84 Å². The lowest BCUT2D eigenvalue weighted by Gasteiger charge is -2.21. The first-order valence-corrected chi connectivity index (χ1v) is 11.6. The SMILES string of the molecule is CCN(CC)CCCC(C)NC(=NC)NCCCS(=O)(=O)c1ccccc1.I. The van der Waals surface area contributed by atoms with Gasteiger partial charge in [0.05, 0.1) is 10.6 Å². The standard InChI is InChI=1S/C20H36N4O2S.HI/c1-5-24(6-2)16-10-12-18(3)23-20(21-4)22-15-11-17-27(25,26)19-13-8-7-9-14-19;/h7-9,13-14,18H,5-6,10-12,15-17H2,1-4H3,(H2,21,22,23);1H. The van der Waals surface area contributed by atoms with Gasteiger partial charge in [-0.3, -0.25) is 4.99 Å². The van der Waals surface area contributed by atoms with Gasteiger partial charge in [-0.25, -0.2) is 8.42 Å². The van der Waals surface area contributed by atoms with Crippen LogP contribution in [0, 0.1) is 0 Å². The number of guanidine groups is 1. The Hall–Kier alpha value is -0.870. The minimum Gasteiger partial charge on any atom is -0.356 e. The minimum atomic E-state index is -3.22. The zero-order valence-corrected chi connectivity index (χ0v) is 20.8. The van der Waals surface area contributed by atoms with Crippen molar-refractivity contribution in [2.75, 3.05) is 39.0 Å². The lowest BCUT2D eigenvalue weighted by molar-refractivity contribution is 0.292. The molecule has 0 saturated heterocycles. The van der Waals surface area contributed by atoms with Crippen molar-refractivity contribution in [1.29, 1.82) is 0 Å². The molecule has 0 amide bonds. The molecule has 0 bridgehead atoms. The highest BCUT2D eigenvalue weighted by Crippen LogP contribution is 2.10. The summed E-state index contributed by atoms with van der Waals surface area (Å²) in [7, 11) is -1.48. The molecule has 0 aromatic heterocycles. The number of hydrogen-bond acceptors (Lipinski definition) is 4. The quantitative estimate of drug-likeness (QED) is 0.190. The first-order valence-electron chi connectivity index (χ1n) is 9.90. The van der Waals surface area contributed by atoms with E-state index in [0.29, 0.717) is 23.9 Å². The second-order valence-corrected chi connectivity index (χ2v) is 8.81. The molecule has 0 aliphatic rings. The second kappa shape index (κ2) is 15.0. The van der Waals surface area contributed by atoms with Crippen LogP contribution in [0.25, 0.3) is 0 Å². The number of hydrogen-bond donors (Lipinski definition) is 2. The van der Waals surface area contributed by atoms with Crippen molar-refractivity contribution < 1.29 is 8.42 Å². The fourth-order valence-corrected chi connectivity index (χ4v) is 4.21. The Morgan fingerprint density at radius 2 is 1.79 bits per heavy atom. The van der Waals surface area contributed by atoms with E-state index in [1.54, 1.807) is 31.3 Å². The number of sulfone groups is 1. The Bertz CT molecular complexity index is 649. The number of benzene rings is 1. The molecule has 0 spiro atoms. The van der Waals surface area contributed by atoms with Gasteiger partial charge in [0, 0.05) is 19.6 Å². The summed E-state index contributed by atoms with van der Waals surface area (Å²) in [6.45, 7) is 10.4. The van der Waals surface area contributed by atoms with Crippen molar-refractivity contribution in [1.82, 2.24) is 15.5 Å². The number of rotatable bonds is 12. The molecule has 1 unspecified atom stereocenters. The Kier molecular flexibility index (Phi) is 14.6. The topological polar surface area (TPSA) is 73.8 Å². The normalized spacial score (nSPS) is 13.1. The molecule has 0 radical (unpaired) electrons. The lowest BCUT2D eigenvalue weighted by atomic mass is 10.2. The van der Waals surface area contributed by atoms with E-state index in [2.05, 4.69) is 41.3 Å². The Balaban J connectivity index is 0.00000729. The molecule has 1 aromatic carbocycles. The molecule has 1 atom stereocenters. The van der Waals surface area contributed by atoms with Crippen LogP contribution in [-0.2, 0) is 9.84 Å². The molecular formula is C20H37IN4O2S. The van der Waals surface area contributed by atoms with Crippen LogP contribution in [0.2, 0.25) is 0 Å². The third-order valence-electron chi connectivity index (χ3n) is 4.60. The molecule has 1 aromatic rings. The molecule has 0 heterocycles. The Labute approximate surface area is 188 Å². The van der Waals surface area contributed by atoms with E-state index in [4.69, 9.17) is 0 Å². The van der Waals surface area contributed by atoms with Crippen LogP contribution in [-0.4, -0.2) is 64.3 Å². The van der Waals surface area contributed by atoms with E-state index in [9.17, 15) is 8.42 Å². The highest BCUT2D eigenvalue weighted by atomic mass is 127. The third-order valence-corrected chi connectivity index (χ3v) is 6.41. The molecule has 1 rings (SSSR count). The fraction of sp³-hybridized carbons (Fsp3) is 0.650. The van der Waals surface area contributed by atoms with Crippen LogP contribution in [0.15, 0.2) is 40.2 Å². The summed E-state index contributed by atoms with van der Waals surface area (Å²) in [4.78, 5) is 7.04. The van der Waals surface area contributed by atoms with Gasteiger partial charge < -0.3 is 15.5 Å². The highest BCUT2D eigenvalue weighted by Gasteiger charge is 2.13. The van der Waals surface area contributed by atoms with Crippen molar-refractivity contribution in [3.8, 4) is 0 Å². The molecule has 0 saturated carbocycles. The summed E-state index contributed by atoms with van der Waals surface area (Å²) in [5.74, 6) is 0.850. The van der Waals surface area contributed by atoms with Gasteiger partial charge in [-0.2, -0.15) is 0 Å². The molecule has 0 fully saturated rings. The van der Waals surface area contributed by atoms with Gasteiger partial charge in [-0.1, -0.05) is 32.0 Å². The smallest absolute Gasteiger partial charge is 0.191 e. The monoisotopic (exact) mass is 524 g/mol. The fourth-order valence-electron chi connectivity index (χ4n) is 2.88. The number of halogens is 1. The number of nitrogens with zero attached hydrogens (tertiary/aromatic N) is 2. The number of aliphatic imine (C=N–C) groups is 1. The van der Waals surface area contributed by atoms with Gasteiger partial charge in [0.25, 0.3) is 0 Å². The van der Waals surface area contributed by atoms with E-state index in [1.165, 1.54) is 0 Å². The summed E-state index contributed by atoms with van der Waals surface area (Å²) < 4.78 is 24.5. The van der Waals surface area contributed by atoms with Crippen LogP contribution in [0.1, 0.15) is 40.0 Å². The first kappa shape index (κ1) is 27.1. The van der Waals surface area contributed by atoms with Crippen molar-refractivity contribution in [3.63, 3.8) is 0 Å². The molecule has 8 heteroatoms. The Morgan fingerprint density at radius 1 is 1.14 bits per heavy atom. The maximum atomic E-state index is 12.3. The highest BCUT2D eigenvalue weighted by molar-refractivity contribution is 14.0. The zero-order chi connectivity index (χ0) is 20.1. The van der Waals surface area contributed by atoms with Gasteiger partial charge in [-0.05, 0) is 58.0 Å². The van der Waals surface area contributed by atoms with Gasteiger partial charge in [0.2, 0.25) is 0 Å². The molecule has 0 aliphatic heterocycles. The summed E-state index contributed by atoms with van der Waals surface area (Å²) in [5, 5.41) is 6.59. The summed E-state index contributed by atoms with van der Waals surface area (Å²) >= 11 is 0. The second-order valence-electron chi connectivity index (χ2n) is 6.70. The van der Waals surface area contributed by atoms with Crippen molar-refractivity contribution >= 4 is 39.8 Å². The molecular weight excluding hydrogens is 487 g/mol. The Morgan fingerprint density at radius 3 is 2.36 bits per heavy atom. The lowest BCUT2D eigenvalue weighted by Crippen LogP contribution is -2.43. The maximum absolute atomic E-state index is 12.3. The van der Waals surface area contributed by atoms with E-state index in [1.807, 2.05) is 6.07 Å². The maximum Gasteiger partial charge on any atom is 0.191 e. The van der Waals surface area contributed by atoms with Crippen molar-refractivity contribution in [3.05, 3.63) is 30.3 Å². The van der Waals surface area contributed by atoms with E-state index in [0.717, 1.165) is 38.4 Å². The van der Waals surface area contributed by atoms with E-state index >= 15 is 0 Å². The van der Waals surface area contributed by atoms with Crippen LogP contribution >= 0.6 is 24.0 Å². The van der Waals surface area contributed by atoms with Gasteiger partial charge >= 0.3 is 0 Å². The van der Waals surface area contributed by atoms with Crippen molar-refractivity contribution in [2.24, 2.45) is 4.99 Å². The largest absolute Gasteiger partial charge is 0.356 e. The molecule has 162 valence electrons. The molecule has 6 nitrogen and oxygen atoms in total. The number of nitrogens with one attached hydrogen (secondary N) is 2. The summed E-state index contributed by atoms with van der Waals surface area (Å²) in [5.41, 5.74) is 0. The van der Waals surface area contributed by atoms with Gasteiger partial charge in [0.15, 0.2) is 15.8 Å². The molecule has 28 heavy (non-hydrogen) atoms. The summed E-state index contributed by atoms with van der Waals surface area (Å²) in [6.07, 6.45) is 2.75. The van der Waals surface area contributed by atoms with Crippen LogP contribution in [0.3, 0.4) is 0 Å². The average Bonchev–Trinajstić information content (AvgIpc) is 2.68. The van der Waals surface area contributed by atoms with Gasteiger partial charge in [-0.15, -0.1) is 24.0 Å². The minimum absolute atomic E-state index is 0.